The highest BCUT2D eigenvalue weighted by atomic mass is 19.1. The second kappa shape index (κ2) is 11.6. The number of pyridine rings is 1. The van der Waals surface area contributed by atoms with Crippen LogP contribution in [0.1, 0.15) is 40.0 Å². The molecule has 0 radical (unpaired) electrons. The highest BCUT2D eigenvalue weighted by Gasteiger charge is 2.24. The fourth-order valence-corrected chi connectivity index (χ4v) is 4.05. The van der Waals surface area contributed by atoms with Crippen LogP contribution in [0.4, 0.5) is 14.6 Å². The van der Waals surface area contributed by atoms with Crippen LogP contribution in [0.15, 0.2) is 54.6 Å². The van der Waals surface area contributed by atoms with Crippen LogP contribution in [0.25, 0.3) is 0 Å². The van der Waals surface area contributed by atoms with Crippen LogP contribution in [-0.4, -0.2) is 41.2 Å². The van der Waals surface area contributed by atoms with Crippen molar-refractivity contribution in [2.45, 2.75) is 38.1 Å². The molecule has 4 rings (SSSR count). The van der Waals surface area contributed by atoms with Crippen molar-refractivity contribution in [2.75, 3.05) is 18.5 Å². The summed E-state index contributed by atoms with van der Waals surface area (Å²) in [6, 6.07) is 12.6. The van der Waals surface area contributed by atoms with Crippen LogP contribution in [0.2, 0.25) is 0 Å². The van der Waals surface area contributed by atoms with Crippen molar-refractivity contribution in [1.29, 1.82) is 0 Å². The Balaban J connectivity index is 1.27. The summed E-state index contributed by atoms with van der Waals surface area (Å²) in [6.07, 6.45) is 3.69. The van der Waals surface area contributed by atoms with Crippen LogP contribution in [0, 0.1) is 11.6 Å². The lowest BCUT2D eigenvalue weighted by Crippen LogP contribution is -2.42. The fourth-order valence-electron chi connectivity index (χ4n) is 4.05. The number of ether oxygens (including phenoxy) is 1. The second-order valence-corrected chi connectivity index (χ2v) is 8.60. The summed E-state index contributed by atoms with van der Waals surface area (Å²) >= 11 is 0. The maximum atomic E-state index is 13.8. The van der Waals surface area contributed by atoms with E-state index in [0.29, 0.717) is 17.9 Å². The summed E-state index contributed by atoms with van der Waals surface area (Å²) in [6.45, 7) is 1.44. The third-order valence-electron chi connectivity index (χ3n) is 5.95. The first-order valence-corrected chi connectivity index (χ1v) is 11.8. The average molecular weight is 496 g/mol. The highest BCUT2D eigenvalue weighted by molar-refractivity contribution is 5.97. The van der Waals surface area contributed by atoms with Gasteiger partial charge in [-0.05, 0) is 67.1 Å². The van der Waals surface area contributed by atoms with Gasteiger partial charge in [-0.1, -0.05) is 24.3 Å². The Kier molecular flexibility index (Phi) is 8.10. The van der Waals surface area contributed by atoms with Crippen LogP contribution in [0.3, 0.4) is 0 Å². The van der Waals surface area contributed by atoms with Crippen LogP contribution in [-0.2, 0) is 24.1 Å². The molecule has 7 nitrogen and oxygen atoms in total. The zero-order valence-corrected chi connectivity index (χ0v) is 19.6. The van der Waals surface area contributed by atoms with Crippen LogP contribution >= 0.6 is 0 Å². The summed E-state index contributed by atoms with van der Waals surface area (Å²) < 4.78 is 33.5. The Labute approximate surface area is 207 Å². The lowest BCUT2D eigenvalue weighted by atomic mass is 10.0. The predicted octanol–water partition coefficient (Wildman–Crippen LogP) is 4.16. The molecule has 36 heavy (non-hydrogen) atoms. The third-order valence-corrected chi connectivity index (χ3v) is 5.95. The number of carboxylic acids is 1. The van der Waals surface area contributed by atoms with E-state index in [2.05, 4.69) is 27.8 Å². The summed E-state index contributed by atoms with van der Waals surface area (Å²) in [4.78, 5) is 28.6. The minimum atomic E-state index is -1.36. The number of aliphatic carboxylic acids is 1. The van der Waals surface area contributed by atoms with Gasteiger partial charge in [0.15, 0.2) is 0 Å². The van der Waals surface area contributed by atoms with Gasteiger partial charge in [0, 0.05) is 18.7 Å². The summed E-state index contributed by atoms with van der Waals surface area (Å²) in [5, 5.41) is 15.0. The van der Waals surface area contributed by atoms with Gasteiger partial charge in [-0.25, -0.2) is 18.6 Å². The van der Waals surface area contributed by atoms with Gasteiger partial charge in [-0.3, -0.25) is 4.79 Å². The van der Waals surface area contributed by atoms with E-state index in [4.69, 9.17) is 4.74 Å². The molecule has 2 heterocycles. The zero-order chi connectivity index (χ0) is 25.5. The van der Waals surface area contributed by atoms with Gasteiger partial charge in [0.1, 0.15) is 34.8 Å². The number of carboxylic acid groups (broad SMARTS) is 1. The summed E-state index contributed by atoms with van der Waals surface area (Å²) in [5.74, 6) is -2.95. The van der Waals surface area contributed by atoms with Gasteiger partial charge in [0.2, 0.25) is 0 Å². The average Bonchev–Trinajstić information content (AvgIpc) is 2.87. The molecular formula is C27H27F2N3O4. The fraction of sp³-hybridized carbons (Fsp3) is 0.296. The largest absolute Gasteiger partial charge is 0.494 e. The number of carbonyl (C=O) groups excluding carboxylic acids is 1. The van der Waals surface area contributed by atoms with E-state index in [0.717, 1.165) is 61.9 Å². The third kappa shape index (κ3) is 6.35. The highest BCUT2D eigenvalue weighted by Crippen LogP contribution is 2.20. The lowest BCUT2D eigenvalue weighted by Gasteiger charge is -2.17. The van der Waals surface area contributed by atoms with E-state index in [-0.39, 0.29) is 6.42 Å². The van der Waals surface area contributed by atoms with Crippen molar-refractivity contribution >= 4 is 17.7 Å². The topological polar surface area (TPSA) is 101 Å². The molecule has 0 unspecified atom stereocenters. The number of nitrogens with one attached hydrogen (secondary N) is 2. The number of fused-ring (bicyclic) bond motifs is 1. The Hall–Kier alpha value is -4.01. The van der Waals surface area contributed by atoms with Crippen molar-refractivity contribution < 1.29 is 28.2 Å². The second-order valence-electron chi connectivity index (χ2n) is 8.60. The number of halogens is 2. The minimum Gasteiger partial charge on any atom is -0.494 e. The minimum absolute atomic E-state index is 0.0601. The zero-order valence-electron chi connectivity index (χ0n) is 19.6. The quantitative estimate of drug-likeness (QED) is 0.366. The molecule has 3 N–H and O–H groups in total. The number of benzene rings is 2. The molecule has 0 fully saturated rings. The van der Waals surface area contributed by atoms with E-state index in [1.807, 2.05) is 0 Å². The standard InChI is InChI=1S/C27H27F2N3O4/c28-21-6-1-7-22(29)24(21)26(33)32-23(27(34)35)16-17-8-12-20(13-9-17)36-15-3-5-19-11-10-18-4-2-14-30-25(18)31-19/h1,6-13,23H,2-5,14-16H2,(H,30,31)(H,32,33)(H,34,35)/t23-/m1/s1. The van der Waals surface area contributed by atoms with Gasteiger partial charge < -0.3 is 20.5 Å². The molecule has 188 valence electrons. The number of rotatable bonds is 10. The summed E-state index contributed by atoms with van der Waals surface area (Å²) in [7, 11) is 0. The Morgan fingerprint density at radius 2 is 1.83 bits per heavy atom. The van der Waals surface area contributed by atoms with E-state index < -0.39 is 35.1 Å². The van der Waals surface area contributed by atoms with E-state index >= 15 is 0 Å². The van der Waals surface area contributed by atoms with E-state index in [9.17, 15) is 23.5 Å². The van der Waals surface area contributed by atoms with Crippen molar-refractivity contribution in [3.8, 4) is 5.75 Å². The monoisotopic (exact) mass is 495 g/mol. The Bertz CT molecular complexity index is 1210. The number of hydrogen-bond acceptors (Lipinski definition) is 5. The van der Waals surface area contributed by atoms with Crippen molar-refractivity contribution in [3.05, 3.63) is 88.6 Å². The molecule has 1 amide bonds. The van der Waals surface area contributed by atoms with Crippen molar-refractivity contribution in [3.63, 3.8) is 0 Å². The molecule has 0 bridgehead atoms. The smallest absolute Gasteiger partial charge is 0.326 e. The van der Waals surface area contributed by atoms with Gasteiger partial charge >= 0.3 is 5.97 Å². The number of aromatic nitrogens is 1. The van der Waals surface area contributed by atoms with E-state index in [1.165, 1.54) is 5.56 Å². The molecule has 1 aliphatic rings. The molecular weight excluding hydrogens is 468 g/mol. The number of amides is 1. The number of anilines is 1. The van der Waals surface area contributed by atoms with Gasteiger partial charge in [0.05, 0.1) is 6.61 Å². The number of hydrogen-bond donors (Lipinski definition) is 3. The Morgan fingerprint density at radius 1 is 1.08 bits per heavy atom. The summed E-state index contributed by atoms with van der Waals surface area (Å²) in [5.41, 5.74) is 2.08. The normalized spacial score (nSPS) is 13.3. The SMILES string of the molecule is O=C(N[C@H](Cc1ccc(OCCCc2ccc3c(n2)NCCC3)cc1)C(=O)O)c1c(F)cccc1F. The first-order chi connectivity index (χ1) is 17.4. The maximum Gasteiger partial charge on any atom is 0.326 e. The first-order valence-electron chi connectivity index (χ1n) is 11.8. The number of nitrogens with zero attached hydrogens (tertiary/aromatic N) is 1. The molecule has 0 aliphatic carbocycles. The molecule has 1 atom stereocenters. The number of carbonyl (C=O) groups is 2. The molecule has 1 aromatic heterocycles. The Morgan fingerprint density at radius 3 is 2.56 bits per heavy atom. The molecule has 2 aromatic carbocycles. The maximum absolute atomic E-state index is 13.8. The molecule has 9 heteroatoms. The molecule has 3 aromatic rings. The van der Waals surface area contributed by atoms with Gasteiger partial charge in [-0.2, -0.15) is 0 Å². The molecule has 1 aliphatic heterocycles. The van der Waals surface area contributed by atoms with E-state index in [1.54, 1.807) is 24.3 Å². The van der Waals surface area contributed by atoms with Crippen LogP contribution in [0.5, 0.6) is 5.75 Å². The van der Waals surface area contributed by atoms with Gasteiger partial charge in [-0.15, -0.1) is 0 Å². The van der Waals surface area contributed by atoms with Crippen LogP contribution < -0.4 is 15.4 Å². The van der Waals surface area contributed by atoms with Crippen molar-refractivity contribution in [1.82, 2.24) is 10.3 Å². The molecule has 0 spiro atoms. The number of aryl methyl sites for hydroxylation is 2. The first kappa shape index (κ1) is 25.1. The lowest BCUT2D eigenvalue weighted by molar-refractivity contribution is -0.139. The van der Waals surface area contributed by atoms with Crippen molar-refractivity contribution in [2.24, 2.45) is 0 Å². The van der Waals surface area contributed by atoms with Gasteiger partial charge in [0.25, 0.3) is 5.91 Å². The molecule has 0 saturated carbocycles. The molecule has 0 saturated heterocycles. The predicted molar refractivity (Wildman–Crippen MR) is 130 cm³/mol.